The number of urea groups is 1. The number of rotatable bonds is 13. The molecule has 7 rings (SSSR count). The van der Waals surface area contributed by atoms with Crippen LogP contribution in [0.5, 0.6) is 0 Å². The Morgan fingerprint density at radius 1 is 0.821 bits per heavy atom. The van der Waals surface area contributed by atoms with Gasteiger partial charge in [-0.2, -0.15) is 0 Å². The molecule has 0 saturated carbocycles. The Morgan fingerprint density at radius 2 is 1.41 bits per heavy atom. The van der Waals surface area contributed by atoms with Crippen molar-refractivity contribution in [3.05, 3.63) is 144 Å². The third kappa shape index (κ3) is 8.88. The number of hydrogen-bond donors (Lipinski definition) is 5. The van der Waals surface area contributed by atoms with Gasteiger partial charge in [0.15, 0.2) is 0 Å². The first-order chi connectivity index (χ1) is 27.2. The summed E-state index contributed by atoms with van der Waals surface area (Å²) in [5.74, 6) is 1.12. The summed E-state index contributed by atoms with van der Waals surface area (Å²) in [5.41, 5.74) is 7.38. The molecule has 12 heteroatoms. The summed E-state index contributed by atoms with van der Waals surface area (Å²) in [4.78, 5) is 58.8. The highest BCUT2D eigenvalue weighted by atomic mass is 16.3. The number of H-pyrrole nitrogens is 2. The molecule has 4 amide bonds. The number of nitrogens with one attached hydrogen (secondary N) is 4. The third-order valence-corrected chi connectivity index (χ3v) is 10.1. The van der Waals surface area contributed by atoms with Gasteiger partial charge in [0.1, 0.15) is 17.7 Å². The number of aliphatic hydroxyl groups is 1. The molecule has 12 nitrogen and oxygen atoms in total. The molecule has 1 fully saturated rings. The van der Waals surface area contributed by atoms with Crippen LogP contribution in [0.2, 0.25) is 0 Å². The van der Waals surface area contributed by atoms with Crippen molar-refractivity contribution in [3.63, 3.8) is 0 Å². The predicted octanol–water partition coefficient (Wildman–Crippen LogP) is 6.42. The molecular formula is C44H46N8O4. The average molecular weight is 751 g/mol. The van der Waals surface area contributed by atoms with E-state index >= 15 is 0 Å². The van der Waals surface area contributed by atoms with Gasteiger partial charge in [-0.05, 0) is 53.1 Å². The second kappa shape index (κ2) is 17.3. The van der Waals surface area contributed by atoms with Gasteiger partial charge in [0.2, 0.25) is 11.8 Å². The number of carbonyl (C=O) groups is 3. The summed E-state index contributed by atoms with van der Waals surface area (Å²) < 4.78 is 0. The zero-order valence-corrected chi connectivity index (χ0v) is 31.5. The third-order valence-electron chi connectivity index (χ3n) is 10.1. The number of amides is 4. The van der Waals surface area contributed by atoms with Crippen LogP contribution in [0.15, 0.2) is 122 Å². The lowest BCUT2D eigenvalue weighted by Crippen LogP contribution is -2.47. The highest BCUT2D eigenvalue weighted by molar-refractivity contribution is 5.88. The first kappa shape index (κ1) is 37.8. The molecule has 0 unspecified atom stereocenters. The second-order valence-electron chi connectivity index (χ2n) is 14.1. The molecule has 3 atom stereocenters. The fraction of sp³-hybridized carbons (Fsp3) is 0.250. The minimum absolute atomic E-state index is 0.0535. The number of aromatic nitrogens is 4. The van der Waals surface area contributed by atoms with E-state index in [0.29, 0.717) is 17.8 Å². The van der Waals surface area contributed by atoms with E-state index in [0.717, 1.165) is 64.4 Å². The SMILES string of the molecule is CNC(=O)N[C@@H](C(=O)N(Cc1ncc(-c2ccc(-c3ccc(-c4cnc([C@@H]5CCCN5C(=O)Cc5ccccc5)[nH]4)cc3)cc2)[nH]1)C[C@@H](C)O)c1ccccc1. The van der Waals surface area contributed by atoms with Crippen LogP contribution in [0.4, 0.5) is 4.79 Å². The fourth-order valence-corrected chi connectivity index (χ4v) is 7.20. The normalized spacial score (nSPS) is 14.9. The summed E-state index contributed by atoms with van der Waals surface area (Å²) in [6.07, 6.45) is 5.00. The number of nitrogens with zero attached hydrogens (tertiary/aromatic N) is 4. The molecule has 4 aromatic carbocycles. The van der Waals surface area contributed by atoms with Gasteiger partial charge < -0.3 is 35.5 Å². The molecule has 1 aliphatic heterocycles. The number of likely N-dealkylation sites (tertiary alicyclic amines) is 1. The topological polar surface area (TPSA) is 159 Å². The molecule has 5 N–H and O–H groups in total. The van der Waals surface area contributed by atoms with E-state index in [-0.39, 0.29) is 30.9 Å². The first-order valence-corrected chi connectivity index (χ1v) is 18.9. The Morgan fingerprint density at radius 3 is 2.04 bits per heavy atom. The number of aromatic amines is 2. The van der Waals surface area contributed by atoms with E-state index in [1.807, 2.05) is 59.6 Å². The molecule has 1 aliphatic rings. The molecular weight excluding hydrogens is 705 g/mol. The Hall–Kier alpha value is -6.53. The van der Waals surface area contributed by atoms with Crippen LogP contribution < -0.4 is 10.6 Å². The molecule has 6 aromatic rings. The minimum Gasteiger partial charge on any atom is -0.392 e. The van der Waals surface area contributed by atoms with E-state index in [2.05, 4.69) is 62.0 Å². The Bertz CT molecular complexity index is 2230. The van der Waals surface area contributed by atoms with Gasteiger partial charge in [0.25, 0.3) is 0 Å². The lowest BCUT2D eigenvalue weighted by Gasteiger charge is -2.28. The van der Waals surface area contributed by atoms with Gasteiger partial charge >= 0.3 is 6.03 Å². The van der Waals surface area contributed by atoms with Gasteiger partial charge in [-0.1, -0.05) is 109 Å². The van der Waals surface area contributed by atoms with Gasteiger partial charge in [-0.15, -0.1) is 0 Å². The summed E-state index contributed by atoms with van der Waals surface area (Å²) in [6.45, 7) is 2.51. The van der Waals surface area contributed by atoms with Crippen LogP contribution in [0.3, 0.4) is 0 Å². The number of imidazole rings is 2. The van der Waals surface area contributed by atoms with Crippen LogP contribution in [-0.4, -0.2) is 78.9 Å². The minimum atomic E-state index is -0.951. The Kier molecular flexibility index (Phi) is 11.7. The molecule has 0 bridgehead atoms. The maximum Gasteiger partial charge on any atom is 0.315 e. The molecule has 0 radical (unpaired) electrons. The van der Waals surface area contributed by atoms with E-state index in [1.165, 1.54) is 11.9 Å². The number of aliphatic hydroxyl groups excluding tert-OH is 1. The predicted molar refractivity (Wildman–Crippen MR) is 215 cm³/mol. The monoisotopic (exact) mass is 750 g/mol. The van der Waals surface area contributed by atoms with Gasteiger partial charge in [0, 0.05) is 20.1 Å². The second-order valence-corrected chi connectivity index (χ2v) is 14.1. The van der Waals surface area contributed by atoms with Crippen molar-refractivity contribution in [2.75, 3.05) is 20.1 Å². The number of benzene rings is 4. The number of carbonyl (C=O) groups excluding carboxylic acids is 3. The van der Waals surface area contributed by atoms with E-state index in [9.17, 15) is 19.5 Å². The summed E-state index contributed by atoms with van der Waals surface area (Å²) in [6, 6.07) is 33.8. The lowest BCUT2D eigenvalue weighted by molar-refractivity contribution is -0.135. The van der Waals surface area contributed by atoms with Crippen LogP contribution in [-0.2, 0) is 22.6 Å². The summed E-state index contributed by atoms with van der Waals surface area (Å²) in [7, 11) is 1.49. The molecule has 1 saturated heterocycles. The Labute approximate surface area is 326 Å². The maximum atomic E-state index is 13.8. The zero-order chi connectivity index (χ0) is 39.0. The van der Waals surface area contributed by atoms with E-state index in [1.54, 1.807) is 37.4 Å². The highest BCUT2D eigenvalue weighted by Gasteiger charge is 2.32. The molecule has 0 aliphatic carbocycles. The summed E-state index contributed by atoms with van der Waals surface area (Å²) >= 11 is 0. The van der Waals surface area contributed by atoms with Crippen LogP contribution in [0, 0.1) is 0 Å². The van der Waals surface area contributed by atoms with Gasteiger partial charge in [-0.3, -0.25) is 9.59 Å². The highest BCUT2D eigenvalue weighted by Crippen LogP contribution is 2.33. The molecule has 3 heterocycles. The Balaban J connectivity index is 1.00. The van der Waals surface area contributed by atoms with Crippen molar-refractivity contribution >= 4 is 17.8 Å². The van der Waals surface area contributed by atoms with Gasteiger partial charge in [-0.25, -0.2) is 14.8 Å². The van der Waals surface area contributed by atoms with Crippen molar-refractivity contribution in [2.24, 2.45) is 0 Å². The lowest BCUT2D eigenvalue weighted by atomic mass is 10.0. The van der Waals surface area contributed by atoms with Crippen LogP contribution >= 0.6 is 0 Å². The van der Waals surface area contributed by atoms with E-state index in [4.69, 9.17) is 4.98 Å². The van der Waals surface area contributed by atoms with Crippen molar-refractivity contribution in [1.29, 1.82) is 0 Å². The molecule has 56 heavy (non-hydrogen) atoms. The largest absolute Gasteiger partial charge is 0.392 e. The molecule has 0 spiro atoms. The molecule has 286 valence electrons. The quantitative estimate of drug-likeness (QED) is 0.0917. The zero-order valence-electron chi connectivity index (χ0n) is 31.5. The fourth-order valence-electron chi connectivity index (χ4n) is 7.20. The van der Waals surface area contributed by atoms with Crippen molar-refractivity contribution in [1.82, 2.24) is 40.4 Å². The first-order valence-electron chi connectivity index (χ1n) is 18.9. The number of hydrogen-bond acceptors (Lipinski definition) is 6. The maximum absolute atomic E-state index is 13.8. The summed E-state index contributed by atoms with van der Waals surface area (Å²) in [5, 5.41) is 15.5. The van der Waals surface area contributed by atoms with Crippen molar-refractivity contribution in [2.45, 2.75) is 50.9 Å². The van der Waals surface area contributed by atoms with Crippen molar-refractivity contribution < 1.29 is 19.5 Å². The average Bonchev–Trinajstić information content (AvgIpc) is 4.02. The smallest absolute Gasteiger partial charge is 0.315 e. The van der Waals surface area contributed by atoms with Crippen LogP contribution in [0.25, 0.3) is 33.6 Å². The van der Waals surface area contributed by atoms with Crippen molar-refractivity contribution in [3.8, 4) is 33.6 Å². The van der Waals surface area contributed by atoms with Gasteiger partial charge in [0.05, 0.1) is 48.9 Å². The standard InChI is InChI=1S/C44H46N8O4/c1-29(53)27-51(43(55)41(50-44(56)45-2)35-12-7-4-8-13-35)28-39-46-25-36(48-39)33-19-15-31(16-20-33)32-17-21-34(22-18-32)37-26-47-42(49-37)38-14-9-23-52(38)40(54)24-30-10-5-3-6-11-30/h3-8,10-13,15-22,25-26,29,38,41,53H,9,14,23-24,27-28H2,1-2H3,(H,46,48)(H,47,49)(H2,45,50,56)/t29-,38+,41-/m1/s1. The van der Waals surface area contributed by atoms with E-state index < -0.39 is 18.2 Å². The molecule has 2 aromatic heterocycles. The van der Waals surface area contributed by atoms with Crippen LogP contribution in [0.1, 0.15) is 54.6 Å².